The lowest BCUT2D eigenvalue weighted by molar-refractivity contribution is -0.117. The number of amides is 3. The van der Waals surface area contributed by atoms with Crippen LogP contribution in [0.1, 0.15) is 43.4 Å². The van der Waals surface area contributed by atoms with Crippen LogP contribution in [-0.2, 0) is 4.79 Å². The van der Waals surface area contributed by atoms with Gasteiger partial charge in [0, 0.05) is 11.5 Å². The molecule has 4 rings (SSSR count). The van der Waals surface area contributed by atoms with Crippen molar-refractivity contribution >= 4 is 45.4 Å². The quantitative estimate of drug-likeness (QED) is 0.524. The first-order chi connectivity index (χ1) is 14.4. The molecule has 0 spiro atoms. The number of aromatic nitrogens is 1. The van der Waals surface area contributed by atoms with Gasteiger partial charge in [0.15, 0.2) is 0 Å². The van der Waals surface area contributed by atoms with E-state index in [1.54, 1.807) is 19.9 Å². The molecule has 0 bridgehead atoms. The monoisotopic (exact) mass is 440 g/mol. The molecule has 0 unspecified atom stereocenters. The smallest absolute Gasteiger partial charge is 0.281 e. The average molecular weight is 441 g/mol. The van der Waals surface area contributed by atoms with Crippen LogP contribution in [0.5, 0.6) is 0 Å². The van der Waals surface area contributed by atoms with Gasteiger partial charge in [0.05, 0.1) is 15.6 Å². The minimum atomic E-state index is -0.428. The molecule has 1 aliphatic rings. The van der Waals surface area contributed by atoms with Crippen LogP contribution in [0, 0.1) is 19.8 Å². The van der Waals surface area contributed by atoms with Crippen LogP contribution in [0.15, 0.2) is 36.4 Å². The number of nitrogens with one attached hydrogen (secondary N) is 3. The predicted molar refractivity (Wildman–Crippen MR) is 118 cm³/mol. The molecule has 2 aromatic heterocycles. The van der Waals surface area contributed by atoms with E-state index < -0.39 is 11.8 Å². The van der Waals surface area contributed by atoms with E-state index >= 15 is 0 Å². The Labute approximate surface area is 181 Å². The molecule has 2 heterocycles. The third-order valence-corrected chi connectivity index (χ3v) is 6.99. The molecular formula is C21H20N4O3S2. The molecule has 1 fully saturated rings. The Morgan fingerprint density at radius 1 is 0.967 bits per heavy atom. The SMILES string of the molecule is Cc1cc(NC(=O)C2CC2)sc1C(=O)NNC(=O)c1sc(-c2ccccc2)nc1C. The van der Waals surface area contributed by atoms with Crippen molar-refractivity contribution in [1.82, 2.24) is 15.8 Å². The maximum atomic E-state index is 12.6. The van der Waals surface area contributed by atoms with Gasteiger partial charge in [-0.2, -0.15) is 0 Å². The standard InChI is InChI=1S/C21H20N4O3S2/c1-11-10-15(23-18(26)13-8-9-13)29-16(11)19(27)24-25-20(28)17-12(2)22-21(30-17)14-6-4-3-5-7-14/h3-7,10,13H,8-9H2,1-2H3,(H,23,26)(H,24,27)(H,25,28). The average Bonchev–Trinajstić information content (AvgIpc) is 3.43. The molecule has 0 aliphatic heterocycles. The van der Waals surface area contributed by atoms with Gasteiger partial charge in [0.1, 0.15) is 9.88 Å². The van der Waals surface area contributed by atoms with E-state index in [1.165, 1.54) is 22.7 Å². The van der Waals surface area contributed by atoms with Gasteiger partial charge in [0.2, 0.25) is 5.91 Å². The number of benzene rings is 1. The number of hydrogen-bond acceptors (Lipinski definition) is 6. The Kier molecular flexibility index (Phi) is 5.65. The minimum absolute atomic E-state index is 0.00796. The van der Waals surface area contributed by atoms with Crippen LogP contribution in [0.2, 0.25) is 0 Å². The summed E-state index contributed by atoms with van der Waals surface area (Å²) in [4.78, 5) is 42.3. The van der Waals surface area contributed by atoms with Gasteiger partial charge >= 0.3 is 0 Å². The summed E-state index contributed by atoms with van der Waals surface area (Å²) in [6.07, 6.45) is 1.83. The maximum Gasteiger partial charge on any atom is 0.281 e. The van der Waals surface area contributed by atoms with Crippen LogP contribution in [0.4, 0.5) is 5.00 Å². The number of hydrazine groups is 1. The molecule has 0 saturated heterocycles. The lowest BCUT2D eigenvalue weighted by Gasteiger charge is -2.06. The largest absolute Gasteiger partial charge is 0.317 e. The molecule has 30 heavy (non-hydrogen) atoms. The highest BCUT2D eigenvalue weighted by atomic mass is 32.1. The third kappa shape index (κ3) is 4.42. The molecule has 1 aromatic carbocycles. The number of carbonyl (C=O) groups excluding carboxylic acids is 3. The lowest BCUT2D eigenvalue weighted by atomic mass is 10.2. The molecule has 3 N–H and O–H groups in total. The van der Waals surface area contributed by atoms with E-state index in [-0.39, 0.29) is 11.8 Å². The number of aryl methyl sites for hydroxylation is 2. The van der Waals surface area contributed by atoms with Crippen molar-refractivity contribution in [2.24, 2.45) is 5.92 Å². The second-order valence-corrected chi connectivity index (χ2v) is 9.15. The van der Waals surface area contributed by atoms with Crippen molar-refractivity contribution in [3.8, 4) is 10.6 Å². The molecule has 0 radical (unpaired) electrons. The highest BCUT2D eigenvalue weighted by molar-refractivity contribution is 7.18. The van der Waals surface area contributed by atoms with Crippen LogP contribution in [-0.4, -0.2) is 22.7 Å². The first-order valence-corrected chi connectivity index (χ1v) is 11.1. The zero-order chi connectivity index (χ0) is 21.3. The van der Waals surface area contributed by atoms with E-state index in [2.05, 4.69) is 21.2 Å². The lowest BCUT2D eigenvalue weighted by Crippen LogP contribution is -2.41. The fourth-order valence-electron chi connectivity index (χ4n) is 2.88. The van der Waals surface area contributed by atoms with Crippen molar-refractivity contribution < 1.29 is 14.4 Å². The summed E-state index contributed by atoms with van der Waals surface area (Å²) in [6.45, 7) is 3.55. The Morgan fingerprint density at radius 3 is 2.30 bits per heavy atom. The van der Waals surface area contributed by atoms with Crippen LogP contribution in [0.25, 0.3) is 10.6 Å². The van der Waals surface area contributed by atoms with Gasteiger partial charge in [-0.1, -0.05) is 30.3 Å². The molecule has 154 valence electrons. The van der Waals surface area contributed by atoms with Crippen molar-refractivity contribution in [3.05, 3.63) is 57.4 Å². The fraction of sp³-hybridized carbons (Fsp3) is 0.238. The van der Waals surface area contributed by atoms with E-state index in [0.717, 1.165) is 29.0 Å². The Balaban J connectivity index is 1.39. The van der Waals surface area contributed by atoms with E-state index in [4.69, 9.17) is 0 Å². The van der Waals surface area contributed by atoms with Crippen LogP contribution >= 0.6 is 22.7 Å². The number of anilines is 1. The highest BCUT2D eigenvalue weighted by Crippen LogP contribution is 2.33. The summed E-state index contributed by atoms with van der Waals surface area (Å²) in [5, 5.41) is 4.22. The number of thiazole rings is 1. The second kappa shape index (κ2) is 8.37. The Bertz CT molecular complexity index is 1120. The molecule has 1 aliphatic carbocycles. The minimum Gasteiger partial charge on any atom is -0.317 e. The molecule has 9 heteroatoms. The molecular weight excluding hydrogens is 420 g/mol. The third-order valence-electron chi connectivity index (χ3n) is 4.63. The fourth-order valence-corrected chi connectivity index (χ4v) is 4.81. The zero-order valence-electron chi connectivity index (χ0n) is 16.4. The maximum absolute atomic E-state index is 12.6. The van der Waals surface area contributed by atoms with Gasteiger partial charge in [-0.25, -0.2) is 4.98 Å². The van der Waals surface area contributed by atoms with E-state index in [0.29, 0.717) is 20.4 Å². The molecule has 7 nitrogen and oxygen atoms in total. The van der Waals surface area contributed by atoms with Crippen molar-refractivity contribution in [2.45, 2.75) is 26.7 Å². The van der Waals surface area contributed by atoms with Crippen molar-refractivity contribution in [1.29, 1.82) is 0 Å². The van der Waals surface area contributed by atoms with Gasteiger partial charge in [-0.05, 0) is 38.3 Å². The predicted octanol–water partition coefficient (Wildman–Crippen LogP) is 3.91. The Hall–Kier alpha value is -3.04. The van der Waals surface area contributed by atoms with Gasteiger partial charge < -0.3 is 5.32 Å². The zero-order valence-corrected chi connectivity index (χ0v) is 18.1. The summed E-state index contributed by atoms with van der Waals surface area (Å²) < 4.78 is 0. The number of hydrogen-bond donors (Lipinski definition) is 3. The summed E-state index contributed by atoms with van der Waals surface area (Å²) in [5.74, 6) is -0.765. The number of nitrogens with zero attached hydrogens (tertiary/aromatic N) is 1. The number of carbonyl (C=O) groups is 3. The van der Waals surface area contributed by atoms with Gasteiger partial charge in [0.25, 0.3) is 11.8 Å². The summed E-state index contributed by atoms with van der Waals surface area (Å²) in [6, 6.07) is 11.4. The second-order valence-electron chi connectivity index (χ2n) is 7.09. The number of rotatable bonds is 5. The van der Waals surface area contributed by atoms with E-state index in [9.17, 15) is 14.4 Å². The van der Waals surface area contributed by atoms with Crippen molar-refractivity contribution in [3.63, 3.8) is 0 Å². The van der Waals surface area contributed by atoms with Gasteiger partial charge in [-0.15, -0.1) is 22.7 Å². The molecule has 3 amide bonds. The number of thiophene rings is 1. The highest BCUT2D eigenvalue weighted by Gasteiger charge is 2.30. The first kappa shape index (κ1) is 20.2. The molecule has 1 saturated carbocycles. The van der Waals surface area contributed by atoms with E-state index in [1.807, 2.05) is 30.3 Å². The molecule has 3 aromatic rings. The topological polar surface area (TPSA) is 100 Å². The normalized spacial score (nSPS) is 13.0. The van der Waals surface area contributed by atoms with Crippen LogP contribution in [0.3, 0.4) is 0 Å². The summed E-state index contributed by atoms with van der Waals surface area (Å²) in [7, 11) is 0. The van der Waals surface area contributed by atoms with Crippen LogP contribution < -0.4 is 16.2 Å². The summed E-state index contributed by atoms with van der Waals surface area (Å²) >= 11 is 2.46. The molecule has 0 atom stereocenters. The Morgan fingerprint density at radius 2 is 1.63 bits per heavy atom. The first-order valence-electron chi connectivity index (χ1n) is 9.47. The van der Waals surface area contributed by atoms with Gasteiger partial charge in [-0.3, -0.25) is 25.2 Å². The summed E-state index contributed by atoms with van der Waals surface area (Å²) in [5.41, 5.74) is 7.18. The van der Waals surface area contributed by atoms with Crippen molar-refractivity contribution in [2.75, 3.05) is 5.32 Å².